The van der Waals surface area contributed by atoms with Crippen molar-refractivity contribution < 1.29 is 0 Å². The molecule has 0 bridgehead atoms. The van der Waals surface area contributed by atoms with E-state index in [9.17, 15) is 0 Å². The highest BCUT2D eigenvalue weighted by molar-refractivity contribution is 8.16. The monoisotopic (exact) mass is 253 g/mol. The molecule has 1 aromatic carbocycles. The van der Waals surface area contributed by atoms with Crippen molar-refractivity contribution in [1.29, 1.82) is 0 Å². The summed E-state index contributed by atoms with van der Waals surface area (Å²) in [6.07, 6.45) is 0. The molecule has 88 valence electrons. The van der Waals surface area contributed by atoms with Gasteiger partial charge in [-0.3, -0.25) is 4.99 Å². The quantitative estimate of drug-likeness (QED) is 0.782. The molecule has 0 atom stereocenters. The summed E-state index contributed by atoms with van der Waals surface area (Å²) in [5, 5.41) is 4.44. The van der Waals surface area contributed by atoms with Crippen molar-refractivity contribution in [1.82, 2.24) is 9.88 Å². The smallest absolute Gasteiger partial charge is 0.168 e. The van der Waals surface area contributed by atoms with E-state index in [0.29, 0.717) is 0 Å². The molecule has 2 aromatic rings. The molecular formula is C14H11N3S. The van der Waals surface area contributed by atoms with Gasteiger partial charge < -0.3 is 4.90 Å². The molecule has 4 rings (SSSR count). The molecule has 0 aliphatic carbocycles. The summed E-state index contributed by atoms with van der Waals surface area (Å²) in [5.41, 5.74) is 3.26. The molecule has 0 unspecified atom stereocenters. The summed E-state index contributed by atoms with van der Waals surface area (Å²) in [6.45, 7) is 1.87. The Bertz CT molecular complexity index is 690. The Labute approximate surface area is 109 Å². The van der Waals surface area contributed by atoms with E-state index in [1.807, 2.05) is 12.1 Å². The van der Waals surface area contributed by atoms with E-state index in [2.05, 4.69) is 39.6 Å². The maximum absolute atomic E-state index is 4.74. The van der Waals surface area contributed by atoms with Crippen molar-refractivity contribution in [3.05, 3.63) is 47.5 Å². The second kappa shape index (κ2) is 3.85. The summed E-state index contributed by atoms with van der Waals surface area (Å²) in [6, 6.07) is 12.4. The van der Waals surface area contributed by atoms with Crippen molar-refractivity contribution in [2.45, 2.75) is 0 Å². The minimum Gasteiger partial charge on any atom is -0.317 e. The first-order valence-corrected chi connectivity index (χ1v) is 6.85. The highest BCUT2D eigenvalue weighted by Gasteiger charge is 2.27. The lowest BCUT2D eigenvalue weighted by molar-refractivity contribution is 0.647. The Kier molecular flexibility index (Phi) is 2.17. The molecule has 18 heavy (non-hydrogen) atoms. The minimum atomic E-state index is 0.896. The third-order valence-corrected chi connectivity index (χ3v) is 4.13. The predicted molar refractivity (Wildman–Crippen MR) is 76.3 cm³/mol. The van der Waals surface area contributed by atoms with E-state index in [4.69, 9.17) is 4.98 Å². The lowest BCUT2D eigenvalue weighted by Crippen LogP contribution is -2.20. The van der Waals surface area contributed by atoms with Crippen LogP contribution in [0.5, 0.6) is 0 Å². The van der Waals surface area contributed by atoms with Crippen molar-refractivity contribution in [3.8, 4) is 0 Å². The van der Waals surface area contributed by atoms with E-state index < -0.39 is 0 Å². The molecule has 2 aliphatic heterocycles. The second-order valence-electron chi connectivity index (χ2n) is 4.33. The standard InChI is InChI=1S/C14H11N3S/c1-2-4-11-10(3-1)5-6-12(16-11)13-9-18-14-15-7-8-17(13)14/h1-6,9H,7-8H2. The number of hydrogen-bond donors (Lipinski definition) is 0. The van der Waals surface area contributed by atoms with Gasteiger partial charge in [-0.15, -0.1) is 0 Å². The Morgan fingerprint density at radius 2 is 2.06 bits per heavy atom. The summed E-state index contributed by atoms with van der Waals surface area (Å²) in [7, 11) is 0. The van der Waals surface area contributed by atoms with Gasteiger partial charge in [0.15, 0.2) is 5.17 Å². The summed E-state index contributed by atoms with van der Waals surface area (Å²) in [5.74, 6) is 0. The largest absolute Gasteiger partial charge is 0.317 e. The number of thioether (sulfide) groups is 1. The average Bonchev–Trinajstić information content (AvgIpc) is 3.00. The number of rotatable bonds is 1. The molecule has 0 saturated heterocycles. The number of pyridine rings is 1. The van der Waals surface area contributed by atoms with E-state index in [0.717, 1.165) is 29.5 Å². The van der Waals surface area contributed by atoms with Crippen LogP contribution in [-0.4, -0.2) is 28.1 Å². The molecule has 0 saturated carbocycles. The van der Waals surface area contributed by atoms with Gasteiger partial charge in [-0.05, 0) is 12.1 Å². The third kappa shape index (κ3) is 1.46. The number of fused-ring (bicyclic) bond motifs is 2. The summed E-state index contributed by atoms with van der Waals surface area (Å²) in [4.78, 5) is 11.5. The summed E-state index contributed by atoms with van der Waals surface area (Å²) >= 11 is 1.70. The van der Waals surface area contributed by atoms with Crippen molar-refractivity contribution >= 4 is 33.5 Å². The van der Waals surface area contributed by atoms with Crippen molar-refractivity contribution in [2.75, 3.05) is 13.1 Å². The molecular weight excluding hydrogens is 242 g/mol. The van der Waals surface area contributed by atoms with Gasteiger partial charge in [0.1, 0.15) is 0 Å². The van der Waals surface area contributed by atoms with Gasteiger partial charge in [-0.1, -0.05) is 36.0 Å². The maximum Gasteiger partial charge on any atom is 0.168 e. The van der Waals surface area contributed by atoms with E-state index in [1.54, 1.807) is 11.8 Å². The first kappa shape index (κ1) is 10.1. The van der Waals surface area contributed by atoms with Crippen LogP contribution >= 0.6 is 11.8 Å². The molecule has 0 amide bonds. The minimum absolute atomic E-state index is 0.896. The normalized spacial score (nSPS) is 17.9. The van der Waals surface area contributed by atoms with Crippen molar-refractivity contribution in [2.24, 2.45) is 4.99 Å². The van der Waals surface area contributed by atoms with Crippen LogP contribution < -0.4 is 0 Å². The van der Waals surface area contributed by atoms with Crippen LogP contribution in [0.4, 0.5) is 0 Å². The van der Waals surface area contributed by atoms with Gasteiger partial charge in [0.2, 0.25) is 0 Å². The maximum atomic E-state index is 4.74. The number of benzene rings is 1. The molecule has 0 radical (unpaired) electrons. The van der Waals surface area contributed by atoms with E-state index in [1.165, 1.54) is 11.1 Å². The Balaban J connectivity index is 1.81. The molecule has 0 fully saturated rings. The molecule has 1 aromatic heterocycles. The van der Waals surface area contributed by atoms with E-state index >= 15 is 0 Å². The van der Waals surface area contributed by atoms with Crippen LogP contribution in [0.3, 0.4) is 0 Å². The topological polar surface area (TPSA) is 28.5 Å². The molecule has 2 aliphatic rings. The van der Waals surface area contributed by atoms with Crippen LogP contribution in [0.15, 0.2) is 46.8 Å². The fraction of sp³-hybridized carbons (Fsp3) is 0.143. The van der Waals surface area contributed by atoms with Crippen molar-refractivity contribution in [3.63, 3.8) is 0 Å². The Morgan fingerprint density at radius 1 is 1.11 bits per heavy atom. The van der Waals surface area contributed by atoms with Crippen LogP contribution in [-0.2, 0) is 0 Å². The van der Waals surface area contributed by atoms with Gasteiger partial charge in [0.25, 0.3) is 0 Å². The van der Waals surface area contributed by atoms with Gasteiger partial charge in [0, 0.05) is 17.3 Å². The van der Waals surface area contributed by atoms with Crippen LogP contribution in [0, 0.1) is 0 Å². The third-order valence-electron chi connectivity index (χ3n) is 3.23. The predicted octanol–water partition coefficient (Wildman–Crippen LogP) is 2.95. The first-order valence-electron chi connectivity index (χ1n) is 5.97. The van der Waals surface area contributed by atoms with Crippen LogP contribution in [0.1, 0.15) is 5.69 Å². The van der Waals surface area contributed by atoms with Crippen LogP contribution in [0.25, 0.3) is 16.6 Å². The molecule has 4 heteroatoms. The van der Waals surface area contributed by atoms with Gasteiger partial charge in [0.05, 0.1) is 23.5 Å². The molecule has 3 nitrogen and oxygen atoms in total. The SMILES string of the molecule is C1=C(c2ccc3ccccc3n2)N2CCN=C2S1. The van der Waals surface area contributed by atoms with Gasteiger partial charge in [-0.2, -0.15) is 0 Å². The highest BCUT2D eigenvalue weighted by atomic mass is 32.2. The zero-order valence-electron chi connectivity index (χ0n) is 9.71. The second-order valence-corrected chi connectivity index (χ2v) is 5.16. The number of amidine groups is 1. The Hall–Kier alpha value is -1.81. The molecule has 0 spiro atoms. The highest BCUT2D eigenvalue weighted by Crippen LogP contribution is 2.34. The van der Waals surface area contributed by atoms with Gasteiger partial charge in [-0.25, -0.2) is 4.98 Å². The first-order chi connectivity index (χ1) is 8.92. The lowest BCUT2D eigenvalue weighted by Gasteiger charge is -2.16. The fourth-order valence-electron chi connectivity index (χ4n) is 2.33. The Morgan fingerprint density at radius 3 is 3.06 bits per heavy atom. The number of para-hydroxylation sites is 1. The number of nitrogens with zero attached hydrogens (tertiary/aromatic N) is 3. The average molecular weight is 253 g/mol. The zero-order chi connectivity index (χ0) is 11.9. The zero-order valence-corrected chi connectivity index (χ0v) is 10.5. The van der Waals surface area contributed by atoms with Gasteiger partial charge >= 0.3 is 0 Å². The molecule has 3 heterocycles. The molecule has 0 N–H and O–H groups in total. The van der Waals surface area contributed by atoms with E-state index in [-0.39, 0.29) is 0 Å². The lowest BCUT2D eigenvalue weighted by atomic mass is 10.2. The summed E-state index contributed by atoms with van der Waals surface area (Å²) < 4.78 is 0. The number of hydrogen-bond acceptors (Lipinski definition) is 4. The number of aromatic nitrogens is 1. The van der Waals surface area contributed by atoms with Crippen LogP contribution in [0.2, 0.25) is 0 Å². The fourth-order valence-corrected chi connectivity index (χ4v) is 3.28. The number of aliphatic imine (C=N–C) groups is 1.